The van der Waals surface area contributed by atoms with Crippen LogP contribution in [0.3, 0.4) is 0 Å². The molecule has 1 heterocycles. The Hall–Kier alpha value is -2.18. The van der Waals surface area contributed by atoms with Gasteiger partial charge in [-0.25, -0.2) is 4.98 Å². The van der Waals surface area contributed by atoms with E-state index in [4.69, 9.17) is 14.2 Å². The highest BCUT2D eigenvalue weighted by Gasteiger charge is 2.17. The normalized spacial score (nSPS) is 11.1. The maximum absolute atomic E-state index is 6.02. The molecule has 1 N–H and O–H groups in total. The van der Waals surface area contributed by atoms with Crippen molar-refractivity contribution in [3.8, 4) is 5.88 Å². The molecule has 0 spiro atoms. The maximum Gasteiger partial charge on any atom is 0.222 e. The Labute approximate surface area is 155 Å². The fourth-order valence-electron chi connectivity index (χ4n) is 2.98. The van der Waals surface area contributed by atoms with Crippen molar-refractivity contribution in [3.05, 3.63) is 40.2 Å². The van der Waals surface area contributed by atoms with E-state index < -0.39 is 0 Å². The van der Waals surface area contributed by atoms with Crippen LogP contribution in [-0.2, 0) is 9.47 Å². The number of nitrogens with zero attached hydrogens (tertiary/aromatic N) is 2. The number of methoxy groups -OCH3 is 2. The van der Waals surface area contributed by atoms with Crippen molar-refractivity contribution in [3.63, 3.8) is 0 Å². The van der Waals surface area contributed by atoms with Gasteiger partial charge >= 0.3 is 0 Å². The fraction of sp³-hybridized carbons (Fsp3) is 0.500. The first-order valence-electron chi connectivity index (χ1n) is 8.70. The summed E-state index contributed by atoms with van der Waals surface area (Å²) in [5, 5.41) is 3.46. The van der Waals surface area contributed by atoms with Gasteiger partial charge in [0.25, 0.3) is 0 Å². The fourth-order valence-corrected chi connectivity index (χ4v) is 2.98. The van der Waals surface area contributed by atoms with Crippen molar-refractivity contribution >= 4 is 11.5 Å². The minimum Gasteiger partial charge on any atom is -0.469 e. The summed E-state index contributed by atoms with van der Waals surface area (Å²) < 4.78 is 16.4. The Kier molecular flexibility index (Phi) is 6.94. The van der Waals surface area contributed by atoms with Gasteiger partial charge in [-0.15, -0.1) is 0 Å². The molecule has 0 bridgehead atoms. The molecule has 2 rings (SSSR count). The molecule has 0 aliphatic rings. The van der Waals surface area contributed by atoms with Gasteiger partial charge in [-0.3, -0.25) is 0 Å². The SMILES string of the molecule is COCC(COC)Oc1nc(C)nc(Nc2c(C)cc(C)cc2C)c1C. The Morgan fingerprint density at radius 1 is 0.923 bits per heavy atom. The molecule has 6 heteroatoms. The zero-order valence-corrected chi connectivity index (χ0v) is 16.8. The third-order valence-electron chi connectivity index (χ3n) is 4.12. The van der Waals surface area contributed by atoms with Crippen LogP contribution < -0.4 is 10.1 Å². The average Bonchev–Trinajstić information content (AvgIpc) is 2.55. The summed E-state index contributed by atoms with van der Waals surface area (Å²) in [6, 6.07) is 4.31. The molecule has 0 saturated heterocycles. The summed E-state index contributed by atoms with van der Waals surface area (Å²) in [4.78, 5) is 9.02. The van der Waals surface area contributed by atoms with Crippen LogP contribution in [0.2, 0.25) is 0 Å². The van der Waals surface area contributed by atoms with Gasteiger partial charge in [-0.2, -0.15) is 4.98 Å². The Bertz CT molecular complexity index is 733. The van der Waals surface area contributed by atoms with E-state index in [2.05, 4.69) is 48.2 Å². The van der Waals surface area contributed by atoms with Gasteiger partial charge in [-0.05, 0) is 45.7 Å². The van der Waals surface area contributed by atoms with Crippen molar-refractivity contribution in [2.24, 2.45) is 0 Å². The van der Waals surface area contributed by atoms with Gasteiger partial charge in [0, 0.05) is 19.9 Å². The van der Waals surface area contributed by atoms with Crippen molar-refractivity contribution in [1.29, 1.82) is 0 Å². The molecular weight excluding hydrogens is 330 g/mol. The molecule has 2 aromatic rings. The molecule has 0 amide bonds. The number of ether oxygens (including phenoxy) is 3. The largest absolute Gasteiger partial charge is 0.469 e. The van der Waals surface area contributed by atoms with Gasteiger partial charge < -0.3 is 19.5 Å². The average molecular weight is 359 g/mol. The number of rotatable bonds is 8. The highest BCUT2D eigenvalue weighted by molar-refractivity contribution is 5.67. The van der Waals surface area contributed by atoms with Crippen molar-refractivity contribution < 1.29 is 14.2 Å². The Morgan fingerprint density at radius 3 is 2.04 bits per heavy atom. The number of aromatic nitrogens is 2. The highest BCUT2D eigenvalue weighted by Crippen LogP contribution is 2.29. The quantitative estimate of drug-likeness (QED) is 0.773. The molecule has 6 nitrogen and oxygen atoms in total. The Balaban J connectivity index is 2.35. The minimum absolute atomic E-state index is 0.228. The van der Waals surface area contributed by atoms with Crippen molar-refractivity contribution in [2.45, 2.75) is 40.7 Å². The number of aryl methyl sites for hydroxylation is 4. The summed E-state index contributed by atoms with van der Waals surface area (Å²) in [5.74, 6) is 1.93. The lowest BCUT2D eigenvalue weighted by atomic mass is 10.0. The second-order valence-electron chi connectivity index (χ2n) is 6.60. The summed E-state index contributed by atoms with van der Waals surface area (Å²) in [6.07, 6.45) is -0.228. The molecule has 0 unspecified atom stereocenters. The number of hydrogen-bond acceptors (Lipinski definition) is 6. The smallest absolute Gasteiger partial charge is 0.222 e. The summed E-state index contributed by atoms with van der Waals surface area (Å²) in [7, 11) is 3.28. The van der Waals surface area contributed by atoms with Crippen LogP contribution in [-0.4, -0.2) is 43.5 Å². The summed E-state index contributed by atoms with van der Waals surface area (Å²) in [6.45, 7) is 10.9. The lowest BCUT2D eigenvalue weighted by Crippen LogP contribution is -2.28. The van der Waals surface area contributed by atoms with Crippen LogP contribution >= 0.6 is 0 Å². The molecule has 1 aromatic heterocycles. The van der Waals surface area contributed by atoms with Gasteiger partial charge in [0.05, 0.1) is 18.8 Å². The van der Waals surface area contributed by atoms with Gasteiger partial charge in [0.1, 0.15) is 17.7 Å². The van der Waals surface area contributed by atoms with E-state index in [-0.39, 0.29) is 6.10 Å². The molecule has 0 radical (unpaired) electrons. The molecule has 0 aliphatic carbocycles. The van der Waals surface area contributed by atoms with E-state index in [0.717, 1.165) is 17.1 Å². The number of nitrogens with one attached hydrogen (secondary N) is 1. The van der Waals surface area contributed by atoms with Gasteiger partial charge in [0.15, 0.2) is 0 Å². The van der Waals surface area contributed by atoms with E-state index in [0.29, 0.717) is 24.9 Å². The van der Waals surface area contributed by atoms with Crippen molar-refractivity contribution in [2.75, 3.05) is 32.8 Å². The monoisotopic (exact) mass is 359 g/mol. The standard InChI is InChI=1S/C20H29N3O3/c1-12-8-13(2)18(14(3)9-12)23-19-15(4)20(22-16(5)21-19)26-17(10-24-6)11-25-7/h8-9,17H,10-11H2,1-7H3,(H,21,22,23). The van der Waals surface area contributed by atoms with Crippen LogP contribution in [0, 0.1) is 34.6 Å². The third kappa shape index (κ3) is 4.93. The number of anilines is 2. The first-order valence-corrected chi connectivity index (χ1v) is 8.70. The van der Waals surface area contributed by atoms with E-state index in [9.17, 15) is 0 Å². The molecular formula is C20H29N3O3. The minimum atomic E-state index is -0.228. The molecule has 1 aromatic carbocycles. The van der Waals surface area contributed by atoms with Crippen LogP contribution in [0.15, 0.2) is 12.1 Å². The maximum atomic E-state index is 6.02. The first-order chi connectivity index (χ1) is 12.3. The first kappa shape index (κ1) is 20.1. The molecule has 0 aliphatic heterocycles. The molecule has 0 saturated carbocycles. The van der Waals surface area contributed by atoms with Crippen LogP contribution in [0.5, 0.6) is 5.88 Å². The topological polar surface area (TPSA) is 65.5 Å². The van der Waals surface area contributed by atoms with E-state index in [1.54, 1.807) is 14.2 Å². The highest BCUT2D eigenvalue weighted by atomic mass is 16.6. The Morgan fingerprint density at radius 2 is 1.50 bits per heavy atom. The predicted molar refractivity (Wildman–Crippen MR) is 104 cm³/mol. The lowest BCUT2D eigenvalue weighted by molar-refractivity contribution is 0.0216. The number of benzene rings is 1. The second kappa shape index (κ2) is 8.96. The van der Waals surface area contributed by atoms with Crippen LogP contribution in [0.25, 0.3) is 0 Å². The van der Waals surface area contributed by atoms with E-state index in [1.807, 2.05) is 13.8 Å². The van der Waals surface area contributed by atoms with Gasteiger partial charge in [-0.1, -0.05) is 17.7 Å². The third-order valence-corrected chi connectivity index (χ3v) is 4.12. The second-order valence-corrected chi connectivity index (χ2v) is 6.60. The zero-order chi connectivity index (χ0) is 19.3. The van der Waals surface area contributed by atoms with E-state index >= 15 is 0 Å². The van der Waals surface area contributed by atoms with Gasteiger partial charge in [0.2, 0.25) is 5.88 Å². The molecule has 0 atom stereocenters. The number of hydrogen-bond donors (Lipinski definition) is 1. The molecule has 142 valence electrons. The van der Waals surface area contributed by atoms with Crippen LogP contribution in [0.4, 0.5) is 11.5 Å². The summed E-state index contributed by atoms with van der Waals surface area (Å²) in [5.41, 5.74) is 5.52. The van der Waals surface area contributed by atoms with Crippen molar-refractivity contribution in [1.82, 2.24) is 9.97 Å². The predicted octanol–water partition coefficient (Wildman–Crippen LogP) is 3.80. The summed E-state index contributed by atoms with van der Waals surface area (Å²) >= 11 is 0. The molecule has 26 heavy (non-hydrogen) atoms. The lowest BCUT2D eigenvalue weighted by Gasteiger charge is -2.20. The van der Waals surface area contributed by atoms with E-state index in [1.165, 1.54) is 16.7 Å². The molecule has 0 fully saturated rings. The van der Waals surface area contributed by atoms with Crippen LogP contribution in [0.1, 0.15) is 28.1 Å². The zero-order valence-electron chi connectivity index (χ0n) is 16.8.